The Bertz CT molecular complexity index is 199. The van der Waals surface area contributed by atoms with Crippen molar-refractivity contribution in [2.24, 2.45) is 5.92 Å². The van der Waals surface area contributed by atoms with Crippen LogP contribution < -0.4 is 0 Å². The van der Waals surface area contributed by atoms with E-state index in [-0.39, 0.29) is 5.79 Å². The summed E-state index contributed by atoms with van der Waals surface area (Å²) in [7, 11) is 0. The van der Waals surface area contributed by atoms with Crippen LogP contribution in [0, 0.1) is 5.92 Å². The predicted molar refractivity (Wildman–Crippen MR) is 60.7 cm³/mol. The molecule has 0 amide bonds. The van der Waals surface area contributed by atoms with Gasteiger partial charge in [0.2, 0.25) is 0 Å². The first kappa shape index (κ1) is 11.4. The van der Waals surface area contributed by atoms with Gasteiger partial charge < -0.3 is 9.47 Å². The van der Waals surface area contributed by atoms with Crippen LogP contribution in [0.3, 0.4) is 0 Å². The summed E-state index contributed by atoms with van der Waals surface area (Å²) < 4.78 is 12.1. The SMILES string of the molecule is CC1CC(C)OC(C)(C2CCCCC2)O1. The zero-order chi connectivity index (χ0) is 10.9. The second-order valence-corrected chi connectivity index (χ2v) is 5.44. The van der Waals surface area contributed by atoms with Gasteiger partial charge in [-0.05, 0) is 40.0 Å². The van der Waals surface area contributed by atoms with Crippen LogP contribution in [0.5, 0.6) is 0 Å². The molecule has 0 N–H and O–H groups in total. The minimum atomic E-state index is -0.308. The molecule has 2 rings (SSSR count). The van der Waals surface area contributed by atoms with Gasteiger partial charge in [0.25, 0.3) is 0 Å². The fourth-order valence-corrected chi connectivity index (χ4v) is 3.21. The normalized spacial score (nSPS) is 44.2. The standard InChI is InChI=1S/C13H24O2/c1-10-9-11(2)15-13(3,14-10)12-7-5-4-6-8-12/h10-12H,4-9H2,1-3H3. The molecule has 1 aliphatic heterocycles. The van der Waals surface area contributed by atoms with E-state index in [2.05, 4.69) is 20.8 Å². The molecule has 0 aromatic rings. The van der Waals surface area contributed by atoms with Crippen LogP contribution in [0.15, 0.2) is 0 Å². The van der Waals surface area contributed by atoms with Crippen LogP contribution in [0.2, 0.25) is 0 Å². The Balaban J connectivity index is 2.02. The first-order chi connectivity index (χ1) is 7.10. The lowest BCUT2D eigenvalue weighted by Crippen LogP contribution is -2.50. The third-order valence-electron chi connectivity index (χ3n) is 3.88. The molecule has 15 heavy (non-hydrogen) atoms. The Morgan fingerprint density at radius 1 is 0.933 bits per heavy atom. The molecular formula is C13H24O2. The second kappa shape index (κ2) is 4.42. The van der Waals surface area contributed by atoms with Gasteiger partial charge in [0.15, 0.2) is 5.79 Å². The van der Waals surface area contributed by atoms with E-state index in [4.69, 9.17) is 9.47 Å². The summed E-state index contributed by atoms with van der Waals surface area (Å²) in [6.45, 7) is 6.48. The summed E-state index contributed by atoms with van der Waals surface area (Å²) in [5.41, 5.74) is 0. The molecule has 0 aromatic carbocycles. The lowest BCUT2D eigenvalue weighted by Gasteiger charge is -2.46. The summed E-state index contributed by atoms with van der Waals surface area (Å²) in [5.74, 6) is 0.300. The maximum Gasteiger partial charge on any atom is 0.168 e. The zero-order valence-electron chi connectivity index (χ0n) is 10.3. The minimum absolute atomic E-state index is 0.308. The molecule has 1 aliphatic carbocycles. The molecule has 0 aromatic heterocycles. The number of rotatable bonds is 1. The van der Waals surface area contributed by atoms with Gasteiger partial charge >= 0.3 is 0 Å². The minimum Gasteiger partial charge on any atom is -0.347 e. The summed E-state index contributed by atoms with van der Waals surface area (Å²) >= 11 is 0. The van der Waals surface area contributed by atoms with E-state index < -0.39 is 0 Å². The van der Waals surface area contributed by atoms with Crippen molar-refractivity contribution < 1.29 is 9.47 Å². The highest BCUT2D eigenvalue weighted by molar-refractivity contribution is 4.83. The predicted octanol–water partition coefficient (Wildman–Crippen LogP) is 3.50. The van der Waals surface area contributed by atoms with Crippen LogP contribution in [-0.4, -0.2) is 18.0 Å². The average molecular weight is 212 g/mol. The Morgan fingerprint density at radius 2 is 1.47 bits per heavy atom. The van der Waals surface area contributed by atoms with E-state index in [1.165, 1.54) is 32.1 Å². The monoisotopic (exact) mass is 212 g/mol. The molecule has 1 saturated heterocycles. The number of ether oxygens (including phenoxy) is 2. The first-order valence-electron chi connectivity index (χ1n) is 6.46. The molecular weight excluding hydrogens is 188 g/mol. The third kappa shape index (κ3) is 2.54. The van der Waals surface area contributed by atoms with Gasteiger partial charge in [-0.2, -0.15) is 0 Å². The molecule has 1 saturated carbocycles. The first-order valence-corrected chi connectivity index (χ1v) is 6.46. The van der Waals surface area contributed by atoms with Crippen molar-refractivity contribution in [1.82, 2.24) is 0 Å². The topological polar surface area (TPSA) is 18.5 Å². The Kier molecular flexibility index (Phi) is 3.36. The van der Waals surface area contributed by atoms with Gasteiger partial charge in [0, 0.05) is 5.92 Å². The largest absolute Gasteiger partial charge is 0.347 e. The van der Waals surface area contributed by atoms with Crippen molar-refractivity contribution in [3.05, 3.63) is 0 Å². The van der Waals surface area contributed by atoms with E-state index in [0.29, 0.717) is 18.1 Å². The van der Waals surface area contributed by atoms with Crippen LogP contribution >= 0.6 is 0 Å². The van der Waals surface area contributed by atoms with Crippen molar-refractivity contribution in [1.29, 1.82) is 0 Å². The van der Waals surface area contributed by atoms with Gasteiger partial charge in [-0.3, -0.25) is 0 Å². The third-order valence-corrected chi connectivity index (χ3v) is 3.88. The highest BCUT2D eigenvalue weighted by atomic mass is 16.7. The van der Waals surface area contributed by atoms with Gasteiger partial charge in [0.05, 0.1) is 12.2 Å². The van der Waals surface area contributed by atoms with Crippen molar-refractivity contribution in [3.8, 4) is 0 Å². The lowest BCUT2D eigenvalue weighted by molar-refractivity contribution is -0.328. The number of hydrogen-bond acceptors (Lipinski definition) is 2. The molecule has 1 heterocycles. The summed E-state index contributed by atoms with van der Waals surface area (Å²) in [6, 6.07) is 0. The molecule has 2 fully saturated rings. The van der Waals surface area contributed by atoms with Crippen molar-refractivity contribution in [3.63, 3.8) is 0 Å². The highest BCUT2D eigenvalue weighted by Crippen LogP contribution is 2.40. The van der Waals surface area contributed by atoms with Gasteiger partial charge in [-0.25, -0.2) is 0 Å². The van der Waals surface area contributed by atoms with Crippen molar-refractivity contribution in [2.45, 2.75) is 77.3 Å². The van der Waals surface area contributed by atoms with E-state index in [1.807, 2.05) is 0 Å². The molecule has 2 unspecified atom stereocenters. The smallest absolute Gasteiger partial charge is 0.168 e. The van der Waals surface area contributed by atoms with Crippen molar-refractivity contribution >= 4 is 0 Å². The quantitative estimate of drug-likeness (QED) is 0.662. The summed E-state index contributed by atoms with van der Waals surface area (Å²) in [6.07, 6.45) is 8.35. The second-order valence-electron chi connectivity index (χ2n) is 5.44. The molecule has 0 spiro atoms. The molecule has 2 aliphatic rings. The number of hydrogen-bond donors (Lipinski definition) is 0. The zero-order valence-corrected chi connectivity index (χ0v) is 10.3. The van der Waals surface area contributed by atoms with E-state index in [0.717, 1.165) is 6.42 Å². The van der Waals surface area contributed by atoms with Crippen LogP contribution in [0.25, 0.3) is 0 Å². The highest BCUT2D eigenvalue weighted by Gasteiger charge is 2.42. The van der Waals surface area contributed by atoms with E-state index in [1.54, 1.807) is 0 Å². The molecule has 0 radical (unpaired) electrons. The molecule has 88 valence electrons. The van der Waals surface area contributed by atoms with E-state index >= 15 is 0 Å². The fraction of sp³-hybridized carbons (Fsp3) is 1.00. The van der Waals surface area contributed by atoms with E-state index in [9.17, 15) is 0 Å². The van der Waals surface area contributed by atoms with Crippen LogP contribution in [-0.2, 0) is 9.47 Å². The maximum atomic E-state index is 6.06. The summed E-state index contributed by atoms with van der Waals surface area (Å²) in [4.78, 5) is 0. The molecule has 2 atom stereocenters. The summed E-state index contributed by atoms with van der Waals surface area (Å²) in [5, 5.41) is 0. The molecule has 2 nitrogen and oxygen atoms in total. The van der Waals surface area contributed by atoms with Crippen LogP contribution in [0.4, 0.5) is 0 Å². The Labute approximate surface area is 93.3 Å². The Morgan fingerprint density at radius 3 is 2.00 bits per heavy atom. The van der Waals surface area contributed by atoms with Crippen LogP contribution in [0.1, 0.15) is 59.3 Å². The average Bonchev–Trinajstić information content (AvgIpc) is 2.17. The lowest BCUT2D eigenvalue weighted by atomic mass is 9.83. The van der Waals surface area contributed by atoms with Gasteiger partial charge in [0.1, 0.15) is 0 Å². The van der Waals surface area contributed by atoms with Crippen molar-refractivity contribution in [2.75, 3.05) is 0 Å². The molecule has 2 heteroatoms. The fourth-order valence-electron chi connectivity index (χ4n) is 3.21. The van der Waals surface area contributed by atoms with Gasteiger partial charge in [-0.1, -0.05) is 19.3 Å². The van der Waals surface area contributed by atoms with Gasteiger partial charge in [-0.15, -0.1) is 0 Å². The maximum absolute atomic E-state index is 6.06. The Hall–Kier alpha value is -0.0800. The molecule has 0 bridgehead atoms.